The zero-order valence-electron chi connectivity index (χ0n) is 12.7. The van der Waals surface area contributed by atoms with E-state index in [0.29, 0.717) is 17.8 Å². The second-order valence-corrected chi connectivity index (χ2v) is 5.85. The van der Waals surface area contributed by atoms with Crippen LogP contribution in [0.3, 0.4) is 0 Å². The van der Waals surface area contributed by atoms with E-state index in [-0.39, 0.29) is 0 Å². The summed E-state index contributed by atoms with van der Waals surface area (Å²) < 4.78 is 5.44. The van der Waals surface area contributed by atoms with Gasteiger partial charge < -0.3 is 9.84 Å². The van der Waals surface area contributed by atoms with Gasteiger partial charge in [0, 0.05) is 30.4 Å². The van der Waals surface area contributed by atoms with Crippen molar-refractivity contribution >= 4 is 0 Å². The Kier molecular flexibility index (Phi) is 4.29. The van der Waals surface area contributed by atoms with Gasteiger partial charge in [0.2, 0.25) is 11.7 Å². The molecule has 0 saturated heterocycles. The van der Waals surface area contributed by atoms with Gasteiger partial charge in [-0.05, 0) is 44.4 Å². The van der Waals surface area contributed by atoms with Crippen LogP contribution in [-0.2, 0) is 6.42 Å². The molecule has 2 aromatic rings. The van der Waals surface area contributed by atoms with Crippen molar-refractivity contribution in [2.75, 3.05) is 7.05 Å². The molecule has 1 unspecified atom stereocenters. The van der Waals surface area contributed by atoms with Crippen molar-refractivity contribution in [2.24, 2.45) is 5.92 Å². The van der Waals surface area contributed by atoms with Gasteiger partial charge in [-0.15, -0.1) is 0 Å². The number of hydrogen-bond acceptors (Lipinski definition) is 5. The van der Waals surface area contributed by atoms with Crippen molar-refractivity contribution < 1.29 is 4.52 Å². The van der Waals surface area contributed by atoms with Gasteiger partial charge in [0.05, 0.1) is 0 Å². The van der Waals surface area contributed by atoms with Crippen LogP contribution in [0.25, 0.3) is 11.4 Å². The predicted octanol–water partition coefficient (Wildman–Crippen LogP) is 2.76. The first-order valence-corrected chi connectivity index (χ1v) is 7.68. The van der Waals surface area contributed by atoms with E-state index in [1.165, 1.54) is 25.7 Å². The molecule has 0 aliphatic heterocycles. The largest absolute Gasteiger partial charge is 0.339 e. The summed E-state index contributed by atoms with van der Waals surface area (Å²) in [6.07, 6.45) is 9.67. The molecule has 0 amide bonds. The molecule has 0 spiro atoms. The van der Waals surface area contributed by atoms with Crippen LogP contribution in [0.2, 0.25) is 0 Å². The van der Waals surface area contributed by atoms with Crippen molar-refractivity contribution in [1.82, 2.24) is 20.4 Å². The molecule has 3 rings (SSSR count). The Morgan fingerprint density at radius 2 is 2.19 bits per heavy atom. The second-order valence-electron chi connectivity index (χ2n) is 5.85. The van der Waals surface area contributed by atoms with Crippen molar-refractivity contribution in [3.8, 4) is 11.4 Å². The van der Waals surface area contributed by atoms with Gasteiger partial charge in [-0.1, -0.05) is 18.0 Å². The average Bonchev–Trinajstić information content (AvgIpc) is 3.17. The number of nitrogens with zero attached hydrogens (tertiary/aromatic N) is 3. The van der Waals surface area contributed by atoms with E-state index in [1.54, 1.807) is 6.20 Å². The van der Waals surface area contributed by atoms with Crippen LogP contribution < -0.4 is 5.32 Å². The highest BCUT2D eigenvalue weighted by Gasteiger charge is 2.25. The Labute approximate surface area is 125 Å². The molecule has 1 N–H and O–H groups in total. The van der Waals surface area contributed by atoms with Crippen LogP contribution in [-0.4, -0.2) is 28.2 Å². The quantitative estimate of drug-likeness (QED) is 0.915. The molecule has 1 fully saturated rings. The summed E-state index contributed by atoms with van der Waals surface area (Å²) in [5.41, 5.74) is 2.05. The SMILES string of the molecule is CNC(Cc1nc(-c2ccncc2C)no1)C1CCCC1. The van der Waals surface area contributed by atoms with E-state index in [1.807, 2.05) is 26.2 Å². The fraction of sp³-hybridized carbons (Fsp3) is 0.562. The Balaban J connectivity index is 1.74. The maximum Gasteiger partial charge on any atom is 0.228 e. The normalized spacial score (nSPS) is 17.2. The summed E-state index contributed by atoms with van der Waals surface area (Å²) in [4.78, 5) is 8.65. The van der Waals surface area contributed by atoms with Crippen molar-refractivity contribution in [3.63, 3.8) is 0 Å². The standard InChI is InChI=1S/C16H22N4O/c1-11-10-18-8-7-13(11)16-19-15(21-20-16)9-14(17-2)12-5-3-4-6-12/h7-8,10,12,14,17H,3-6,9H2,1-2H3. The molecule has 21 heavy (non-hydrogen) atoms. The minimum atomic E-state index is 0.430. The lowest BCUT2D eigenvalue weighted by molar-refractivity contribution is 0.318. The lowest BCUT2D eigenvalue weighted by Crippen LogP contribution is -2.34. The van der Waals surface area contributed by atoms with Gasteiger partial charge in [0.1, 0.15) is 0 Å². The zero-order valence-corrected chi connectivity index (χ0v) is 12.7. The van der Waals surface area contributed by atoms with Crippen LogP contribution in [0.15, 0.2) is 23.0 Å². The maximum atomic E-state index is 5.44. The van der Waals surface area contributed by atoms with Crippen LogP contribution in [0.5, 0.6) is 0 Å². The molecule has 5 heteroatoms. The average molecular weight is 286 g/mol. The summed E-state index contributed by atoms with van der Waals surface area (Å²) in [5.74, 6) is 2.10. The molecule has 5 nitrogen and oxygen atoms in total. The molecular formula is C16H22N4O. The van der Waals surface area contributed by atoms with Gasteiger partial charge >= 0.3 is 0 Å². The maximum absolute atomic E-state index is 5.44. The molecule has 2 aromatic heterocycles. The van der Waals surface area contributed by atoms with E-state index in [4.69, 9.17) is 4.52 Å². The number of aromatic nitrogens is 3. The van der Waals surface area contributed by atoms with Gasteiger partial charge in [-0.2, -0.15) is 4.98 Å². The molecule has 1 aliphatic carbocycles. The summed E-state index contributed by atoms with van der Waals surface area (Å²) in [7, 11) is 2.02. The lowest BCUT2D eigenvalue weighted by atomic mass is 9.95. The van der Waals surface area contributed by atoms with Crippen LogP contribution in [0.1, 0.15) is 37.1 Å². The zero-order chi connectivity index (χ0) is 14.7. The van der Waals surface area contributed by atoms with E-state index < -0.39 is 0 Å². The summed E-state index contributed by atoms with van der Waals surface area (Å²) in [6, 6.07) is 2.36. The second kappa shape index (κ2) is 6.35. The van der Waals surface area contributed by atoms with Gasteiger partial charge in [0.15, 0.2) is 0 Å². The third-order valence-corrected chi connectivity index (χ3v) is 4.46. The number of aryl methyl sites for hydroxylation is 1. The smallest absolute Gasteiger partial charge is 0.228 e. The first-order valence-electron chi connectivity index (χ1n) is 7.68. The number of hydrogen-bond donors (Lipinski definition) is 1. The molecule has 112 valence electrons. The molecule has 1 aliphatic rings. The molecule has 0 aromatic carbocycles. The molecule has 1 saturated carbocycles. The Hall–Kier alpha value is -1.75. The van der Waals surface area contributed by atoms with Gasteiger partial charge in [-0.3, -0.25) is 4.98 Å². The molecule has 0 radical (unpaired) electrons. The van der Waals surface area contributed by atoms with Crippen LogP contribution in [0.4, 0.5) is 0 Å². The van der Waals surface area contributed by atoms with Gasteiger partial charge in [-0.25, -0.2) is 0 Å². The Morgan fingerprint density at radius 3 is 2.90 bits per heavy atom. The van der Waals surface area contributed by atoms with E-state index >= 15 is 0 Å². The third-order valence-electron chi connectivity index (χ3n) is 4.46. The first-order chi connectivity index (χ1) is 10.3. The Morgan fingerprint density at radius 1 is 1.38 bits per heavy atom. The Bertz CT molecular complexity index is 589. The lowest BCUT2D eigenvalue weighted by Gasteiger charge is -2.20. The monoisotopic (exact) mass is 286 g/mol. The van der Waals surface area contributed by atoms with Crippen molar-refractivity contribution in [2.45, 2.75) is 45.1 Å². The van der Waals surface area contributed by atoms with Crippen molar-refractivity contribution in [1.29, 1.82) is 0 Å². The number of likely N-dealkylation sites (N-methyl/N-ethyl adjacent to an activating group) is 1. The van der Waals surface area contributed by atoms with E-state index in [2.05, 4.69) is 20.4 Å². The third kappa shape index (κ3) is 3.13. The minimum Gasteiger partial charge on any atom is -0.339 e. The van der Waals surface area contributed by atoms with E-state index in [0.717, 1.165) is 23.5 Å². The van der Waals surface area contributed by atoms with Crippen molar-refractivity contribution in [3.05, 3.63) is 29.9 Å². The van der Waals surface area contributed by atoms with E-state index in [9.17, 15) is 0 Å². The summed E-state index contributed by atoms with van der Waals surface area (Å²) in [6.45, 7) is 2.01. The molecule has 1 atom stereocenters. The highest BCUT2D eigenvalue weighted by atomic mass is 16.5. The summed E-state index contributed by atoms with van der Waals surface area (Å²) >= 11 is 0. The summed E-state index contributed by atoms with van der Waals surface area (Å²) in [5, 5.41) is 7.53. The molecule has 2 heterocycles. The number of rotatable bonds is 5. The molecule has 0 bridgehead atoms. The highest BCUT2D eigenvalue weighted by Crippen LogP contribution is 2.29. The van der Waals surface area contributed by atoms with Crippen LogP contribution >= 0.6 is 0 Å². The topological polar surface area (TPSA) is 63.8 Å². The number of nitrogens with one attached hydrogen (secondary N) is 1. The number of pyridine rings is 1. The highest BCUT2D eigenvalue weighted by molar-refractivity contribution is 5.57. The predicted molar refractivity (Wildman–Crippen MR) is 80.8 cm³/mol. The molecular weight excluding hydrogens is 264 g/mol. The minimum absolute atomic E-state index is 0.430. The van der Waals surface area contributed by atoms with Gasteiger partial charge in [0.25, 0.3) is 0 Å². The van der Waals surface area contributed by atoms with Crippen LogP contribution in [0, 0.1) is 12.8 Å². The fourth-order valence-corrected chi connectivity index (χ4v) is 3.22. The first kappa shape index (κ1) is 14.2. The fourth-order valence-electron chi connectivity index (χ4n) is 3.22.